The Hall–Kier alpha value is -1.20. The molecule has 78 valence electrons. The molecule has 1 unspecified atom stereocenters. The van der Waals surface area contributed by atoms with E-state index in [4.69, 9.17) is 5.11 Å². The summed E-state index contributed by atoms with van der Waals surface area (Å²) in [5, 5.41) is 13.6. The summed E-state index contributed by atoms with van der Waals surface area (Å²) in [4.78, 5) is 16.2. The normalized spacial score (nSPS) is 12.5. The van der Waals surface area contributed by atoms with Gasteiger partial charge in [-0.1, -0.05) is 6.07 Å². The van der Waals surface area contributed by atoms with Gasteiger partial charge in [0.2, 0.25) is 0 Å². The van der Waals surface area contributed by atoms with Gasteiger partial charge in [0.1, 0.15) is 10.9 Å². The number of carbonyl (C=O) groups is 1. The fraction of sp³-hybridized carbons (Fsp3) is 0.200. The molecule has 2 aromatic heterocycles. The summed E-state index contributed by atoms with van der Waals surface area (Å²) in [7, 11) is 0. The lowest BCUT2D eigenvalue weighted by molar-refractivity contribution is -0.138. The van der Waals surface area contributed by atoms with Crippen molar-refractivity contribution in [3.63, 3.8) is 0 Å². The molecule has 0 aliphatic rings. The van der Waals surface area contributed by atoms with Crippen LogP contribution in [0.5, 0.6) is 0 Å². The van der Waals surface area contributed by atoms with Crippen LogP contribution in [0.3, 0.4) is 0 Å². The Morgan fingerprint density at radius 3 is 2.87 bits per heavy atom. The molecule has 2 rings (SSSR count). The first-order valence-corrected chi connectivity index (χ1v) is 6.18. The monoisotopic (exact) mass is 239 g/mol. The Morgan fingerprint density at radius 2 is 2.33 bits per heavy atom. The third kappa shape index (κ3) is 2.43. The van der Waals surface area contributed by atoms with Crippen LogP contribution in [-0.2, 0) is 11.2 Å². The second-order valence-electron chi connectivity index (χ2n) is 3.04. The van der Waals surface area contributed by atoms with Crippen molar-refractivity contribution in [2.45, 2.75) is 12.3 Å². The first-order chi connectivity index (χ1) is 7.27. The average Bonchev–Trinajstić information content (AvgIpc) is 2.87. The third-order valence-electron chi connectivity index (χ3n) is 2.03. The number of aliphatic carboxylic acids is 1. The van der Waals surface area contributed by atoms with Crippen molar-refractivity contribution in [1.29, 1.82) is 0 Å². The highest BCUT2D eigenvalue weighted by Crippen LogP contribution is 2.25. The van der Waals surface area contributed by atoms with Crippen LogP contribution in [-0.4, -0.2) is 16.1 Å². The molecule has 2 heterocycles. The van der Waals surface area contributed by atoms with Crippen molar-refractivity contribution < 1.29 is 9.90 Å². The third-order valence-corrected chi connectivity index (χ3v) is 3.82. The quantitative estimate of drug-likeness (QED) is 0.892. The standard InChI is InChI=1S/C10H9NO2S2/c12-10(13)8(9-11-3-5-15-9)6-7-2-1-4-14-7/h1-5,8H,6H2,(H,12,13). The molecule has 0 fully saturated rings. The van der Waals surface area contributed by atoms with E-state index in [0.29, 0.717) is 11.4 Å². The maximum atomic E-state index is 11.1. The van der Waals surface area contributed by atoms with Crippen LogP contribution in [0.4, 0.5) is 0 Å². The Kier molecular flexibility index (Phi) is 3.13. The number of thiophene rings is 1. The zero-order valence-corrected chi connectivity index (χ0v) is 9.42. The molecule has 0 spiro atoms. The fourth-order valence-corrected chi connectivity index (χ4v) is 2.80. The number of aromatic nitrogens is 1. The molecule has 0 aliphatic heterocycles. The molecule has 0 saturated heterocycles. The van der Waals surface area contributed by atoms with E-state index in [1.54, 1.807) is 22.9 Å². The molecule has 2 aromatic rings. The number of carboxylic acids is 1. The van der Waals surface area contributed by atoms with Gasteiger partial charge in [-0.3, -0.25) is 4.79 Å². The van der Waals surface area contributed by atoms with Crippen molar-refractivity contribution in [2.24, 2.45) is 0 Å². The van der Waals surface area contributed by atoms with Crippen LogP contribution in [0.2, 0.25) is 0 Å². The number of hydrogen-bond acceptors (Lipinski definition) is 4. The zero-order valence-electron chi connectivity index (χ0n) is 7.79. The first-order valence-electron chi connectivity index (χ1n) is 4.42. The number of nitrogens with zero attached hydrogens (tertiary/aromatic N) is 1. The summed E-state index contributed by atoms with van der Waals surface area (Å²) in [6.45, 7) is 0. The molecular formula is C10H9NO2S2. The summed E-state index contributed by atoms with van der Waals surface area (Å²) >= 11 is 2.97. The van der Waals surface area contributed by atoms with Crippen LogP contribution < -0.4 is 0 Å². The highest BCUT2D eigenvalue weighted by molar-refractivity contribution is 7.10. The number of rotatable bonds is 4. The maximum absolute atomic E-state index is 11.1. The summed E-state index contributed by atoms with van der Waals surface area (Å²) in [6, 6.07) is 3.88. The zero-order chi connectivity index (χ0) is 10.7. The number of thiazole rings is 1. The van der Waals surface area contributed by atoms with Gasteiger partial charge in [0, 0.05) is 22.9 Å². The van der Waals surface area contributed by atoms with Crippen molar-refractivity contribution in [2.75, 3.05) is 0 Å². The second-order valence-corrected chi connectivity index (χ2v) is 5.00. The van der Waals surface area contributed by atoms with Crippen LogP contribution in [0.15, 0.2) is 29.1 Å². The van der Waals surface area contributed by atoms with Gasteiger partial charge < -0.3 is 5.11 Å². The molecule has 0 bridgehead atoms. The second kappa shape index (κ2) is 4.55. The van der Waals surface area contributed by atoms with Gasteiger partial charge in [-0.05, 0) is 11.4 Å². The molecule has 0 amide bonds. The molecule has 0 aromatic carbocycles. The van der Waals surface area contributed by atoms with E-state index in [1.165, 1.54) is 11.3 Å². The minimum Gasteiger partial charge on any atom is -0.481 e. The molecule has 0 radical (unpaired) electrons. The van der Waals surface area contributed by atoms with Gasteiger partial charge >= 0.3 is 5.97 Å². The number of carboxylic acid groups (broad SMARTS) is 1. The molecule has 15 heavy (non-hydrogen) atoms. The summed E-state index contributed by atoms with van der Waals surface area (Å²) in [6.07, 6.45) is 2.17. The van der Waals surface area contributed by atoms with E-state index in [2.05, 4.69) is 4.98 Å². The topological polar surface area (TPSA) is 50.2 Å². The van der Waals surface area contributed by atoms with Crippen molar-refractivity contribution >= 4 is 28.6 Å². The van der Waals surface area contributed by atoms with Gasteiger partial charge in [-0.25, -0.2) is 4.98 Å². The van der Waals surface area contributed by atoms with E-state index < -0.39 is 11.9 Å². The predicted molar refractivity (Wildman–Crippen MR) is 60.5 cm³/mol. The van der Waals surface area contributed by atoms with Gasteiger partial charge in [-0.2, -0.15) is 0 Å². The highest BCUT2D eigenvalue weighted by atomic mass is 32.1. The Balaban J connectivity index is 2.18. The molecule has 5 heteroatoms. The van der Waals surface area contributed by atoms with Crippen LogP contribution in [0, 0.1) is 0 Å². The summed E-state index contributed by atoms with van der Waals surface area (Å²) < 4.78 is 0. The molecule has 1 N–H and O–H groups in total. The lowest BCUT2D eigenvalue weighted by Crippen LogP contribution is -2.13. The molecule has 1 atom stereocenters. The van der Waals surface area contributed by atoms with Crippen molar-refractivity contribution in [3.05, 3.63) is 39.0 Å². The maximum Gasteiger partial charge on any atom is 0.313 e. The van der Waals surface area contributed by atoms with Gasteiger partial charge in [0.05, 0.1) is 0 Å². The summed E-state index contributed by atoms with van der Waals surface area (Å²) in [5.41, 5.74) is 0. The first kappa shape index (κ1) is 10.3. The Labute approximate surface area is 95.0 Å². The van der Waals surface area contributed by atoms with E-state index in [1.807, 2.05) is 17.5 Å². The van der Waals surface area contributed by atoms with Gasteiger partial charge in [-0.15, -0.1) is 22.7 Å². The fourth-order valence-electron chi connectivity index (χ4n) is 1.32. The van der Waals surface area contributed by atoms with Gasteiger partial charge in [0.25, 0.3) is 0 Å². The smallest absolute Gasteiger partial charge is 0.313 e. The van der Waals surface area contributed by atoms with Crippen molar-refractivity contribution in [1.82, 2.24) is 4.98 Å². The lowest BCUT2D eigenvalue weighted by atomic mass is 10.1. The molecule has 3 nitrogen and oxygen atoms in total. The van der Waals surface area contributed by atoms with E-state index in [9.17, 15) is 4.79 Å². The number of hydrogen-bond donors (Lipinski definition) is 1. The summed E-state index contributed by atoms with van der Waals surface area (Å²) in [5.74, 6) is -1.32. The molecular weight excluding hydrogens is 230 g/mol. The van der Waals surface area contributed by atoms with E-state index >= 15 is 0 Å². The van der Waals surface area contributed by atoms with Crippen LogP contribution >= 0.6 is 22.7 Å². The van der Waals surface area contributed by atoms with Gasteiger partial charge in [0.15, 0.2) is 0 Å². The van der Waals surface area contributed by atoms with Crippen molar-refractivity contribution in [3.8, 4) is 0 Å². The highest BCUT2D eigenvalue weighted by Gasteiger charge is 2.22. The van der Waals surface area contributed by atoms with E-state index in [-0.39, 0.29) is 0 Å². The average molecular weight is 239 g/mol. The van der Waals surface area contributed by atoms with E-state index in [0.717, 1.165) is 4.88 Å². The van der Waals surface area contributed by atoms with Crippen LogP contribution in [0.25, 0.3) is 0 Å². The largest absolute Gasteiger partial charge is 0.481 e. The minimum absolute atomic E-state index is 0.511. The Bertz CT molecular complexity index is 422. The Morgan fingerprint density at radius 1 is 1.47 bits per heavy atom. The molecule has 0 saturated carbocycles. The predicted octanol–water partition coefficient (Wildman–Crippen LogP) is 2.62. The molecule has 0 aliphatic carbocycles. The minimum atomic E-state index is -0.807. The SMILES string of the molecule is O=C(O)C(Cc1cccs1)c1nccs1. The van der Waals surface area contributed by atoms with Crippen LogP contribution in [0.1, 0.15) is 15.8 Å². The lowest BCUT2D eigenvalue weighted by Gasteiger charge is -2.07.